The number of likely N-dealkylation sites (tertiary alicyclic amines) is 1. The van der Waals surface area contributed by atoms with Crippen molar-refractivity contribution in [2.45, 2.75) is 51.4 Å². The fraction of sp³-hybridized carbons (Fsp3) is 0.545. The average molecular weight is 859 g/mol. The van der Waals surface area contributed by atoms with Crippen molar-refractivity contribution in [3.05, 3.63) is 77.3 Å². The second kappa shape index (κ2) is 21.0. The Morgan fingerprint density at radius 1 is 0.902 bits per heavy atom. The van der Waals surface area contributed by atoms with Gasteiger partial charge in [0.15, 0.2) is 5.76 Å². The first kappa shape index (κ1) is 43.0. The molecule has 0 saturated carbocycles. The van der Waals surface area contributed by atoms with Gasteiger partial charge in [-0.2, -0.15) is 0 Å². The number of fused-ring (bicyclic) bond motifs is 2. The summed E-state index contributed by atoms with van der Waals surface area (Å²) in [5, 5.41) is 9.64. The zero-order valence-electron chi connectivity index (χ0n) is 35.2. The van der Waals surface area contributed by atoms with Crippen LogP contribution in [0.25, 0.3) is 15.7 Å². The Bertz CT molecular complexity index is 2180. The highest BCUT2D eigenvalue weighted by atomic mass is 32.1. The zero-order valence-corrected chi connectivity index (χ0v) is 36.1. The highest BCUT2D eigenvalue weighted by Gasteiger charge is 2.31. The number of nitrogens with one attached hydrogen (secondary N) is 1. The number of aryl methyl sites for hydroxylation is 1. The van der Waals surface area contributed by atoms with Crippen molar-refractivity contribution < 1.29 is 37.8 Å². The van der Waals surface area contributed by atoms with Gasteiger partial charge >= 0.3 is 0 Å². The van der Waals surface area contributed by atoms with Crippen LogP contribution in [0, 0.1) is 6.92 Å². The minimum atomic E-state index is 0.000398. The van der Waals surface area contributed by atoms with Gasteiger partial charge in [0.05, 0.1) is 68.5 Å². The molecule has 16 nitrogen and oxygen atoms in total. The third kappa shape index (κ3) is 11.7. The molecule has 3 fully saturated rings. The number of piperazine rings is 2. The molecule has 2 atom stereocenters. The van der Waals surface area contributed by atoms with Gasteiger partial charge in [-0.25, -0.2) is 0 Å². The number of piperidine rings is 1. The van der Waals surface area contributed by atoms with Gasteiger partial charge in [-0.15, -0.1) is 11.3 Å². The number of carbonyl (C=O) groups excluding carboxylic acids is 2. The van der Waals surface area contributed by atoms with E-state index in [1.807, 2.05) is 75.4 Å². The Balaban J connectivity index is 0.645. The monoisotopic (exact) mass is 858 g/mol. The molecule has 0 spiro atoms. The standard InChI is InChI=1S/C44H58N8O8S/c1-32-23-35-4-3-34(28-51(35)26-32)44(54)50-14-12-49(13-15-50)42(53)30-52-27-33(2)46-25-36(52)31-57-19-18-55-16-17-56-20-21-58-41-24-38(60-47-41)29-48-10-6-37(7-11-48)59-40-5-9-45-39-8-22-61-43(39)40/h3-5,8-9,22-24,26,28,33,36-37,46H,6-7,10-21,25,27,29-31H2,1-2H3/t33-,36-/m1/s1. The second-order valence-electron chi connectivity index (χ2n) is 16.1. The number of aromatic nitrogens is 3. The lowest BCUT2D eigenvalue weighted by molar-refractivity contribution is -0.135. The second-order valence-corrected chi connectivity index (χ2v) is 17.1. The third-order valence-corrected chi connectivity index (χ3v) is 12.5. The van der Waals surface area contributed by atoms with Gasteiger partial charge in [-0.05, 0) is 73.1 Å². The number of hydrogen-bond donors (Lipinski definition) is 1. The van der Waals surface area contributed by atoms with E-state index in [-0.39, 0.29) is 30.0 Å². The fourth-order valence-electron chi connectivity index (χ4n) is 8.21. The van der Waals surface area contributed by atoms with Crippen molar-refractivity contribution >= 4 is 38.9 Å². The van der Waals surface area contributed by atoms with Crippen LogP contribution in [0.2, 0.25) is 0 Å². The Morgan fingerprint density at radius 3 is 2.49 bits per heavy atom. The maximum atomic E-state index is 13.4. The summed E-state index contributed by atoms with van der Waals surface area (Å²) >= 11 is 1.67. The first-order valence-corrected chi connectivity index (χ1v) is 22.4. The predicted molar refractivity (Wildman–Crippen MR) is 230 cm³/mol. The van der Waals surface area contributed by atoms with E-state index in [0.717, 1.165) is 71.8 Å². The predicted octanol–water partition coefficient (Wildman–Crippen LogP) is 3.96. The Morgan fingerprint density at radius 2 is 1.67 bits per heavy atom. The van der Waals surface area contributed by atoms with Crippen LogP contribution in [0.15, 0.2) is 64.9 Å². The van der Waals surface area contributed by atoms with E-state index in [0.29, 0.717) is 97.0 Å². The van der Waals surface area contributed by atoms with Crippen LogP contribution in [-0.2, 0) is 25.5 Å². The molecular formula is C44H58N8O8S. The van der Waals surface area contributed by atoms with Crippen molar-refractivity contribution in [3.63, 3.8) is 0 Å². The molecule has 3 saturated heterocycles. The topological polar surface area (TPSA) is 149 Å². The summed E-state index contributed by atoms with van der Waals surface area (Å²) in [6.07, 6.45) is 7.80. The summed E-state index contributed by atoms with van der Waals surface area (Å²) in [4.78, 5) is 39.4. The van der Waals surface area contributed by atoms with E-state index >= 15 is 0 Å². The van der Waals surface area contributed by atoms with Crippen molar-refractivity contribution in [2.75, 3.05) is 105 Å². The Kier molecular flexibility index (Phi) is 14.8. The maximum Gasteiger partial charge on any atom is 0.255 e. The quantitative estimate of drug-likeness (QED) is 0.120. The van der Waals surface area contributed by atoms with Crippen molar-refractivity contribution in [3.8, 4) is 11.6 Å². The lowest BCUT2D eigenvalue weighted by atomic mass is 10.1. The number of carbonyl (C=O) groups is 2. The molecule has 3 aliphatic heterocycles. The van der Waals surface area contributed by atoms with Crippen LogP contribution in [0.5, 0.6) is 11.6 Å². The van der Waals surface area contributed by atoms with Gasteiger partial charge in [-0.3, -0.25) is 24.4 Å². The number of pyridine rings is 2. The lowest BCUT2D eigenvalue weighted by Gasteiger charge is -2.41. The molecule has 17 heteroatoms. The molecule has 61 heavy (non-hydrogen) atoms. The minimum absolute atomic E-state index is 0.000398. The van der Waals surface area contributed by atoms with Crippen LogP contribution in [-0.4, -0.2) is 169 Å². The molecule has 8 rings (SSSR count). The van der Waals surface area contributed by atoms with Gasteiger partial charge in [0.2, 0.25) is 5.91 Å². The molecule has 8 heterocycles. The van der Waals surface area contributed by atoms with Crippen LogP contribution in [0.4, 0.5) is 0 Å². The SMILES string of the molecule is Cc1cc2ccc(C(=O)N3CCN(C(=O)CN4C[C@@H](C)NC[C@@H]4COCCOCCOCCOc4cc(CN5CCC(Oc6ccnc7ccsc67)CC5)on4)CC3)cn2c1. The molecule has 328 valence electrons. The van der Waals surface area contributed by atoms with Gasteiger partial charge in [0.1, 0.15) is 18.5 Å². The Labute approximate surface area is 360 Å². The summed E-state index contributed by atoms with van der Waals surface area (Å²) < 4.78 is 38.1. The summed E-state index contributed by atoms with van der Waals surface area (Å²) in [5.41, 5.74) is 3.86. The number of ether oxygens (including phenoxy) is 5. The molecule has 0 aromatic carbocycles. The van der Waals surface area contributed by atoms with E-state index in [1.165, 1.54) is 0 Å². The summed E-state index contributed by atoms with van der Waals surface area (Å²) in [6.45, 7) is 13.7. The highest BCUT2D eigenvalue weighted by Crippen LogP contribution is 2.31. The molecule has 0 bridgehead atoms. The highest BCUT2D eigenvalue weighted by molar-refractivity contribution is 7.17. The van der Waals surface area contributed by atoms with Crippen LogP contribution in [0.3, 0.4) is 0 Å². The first-order valence-electron chi connectivity index (χ1n) is 21.5. The van der Waals surface area contributed by atoms with Gasteiger partial charge in [0.25, 0.3) is 11.8 Å². The van der Waals surface area contributed by atoms with Gasteiger partial charge < -0.3 is 47.7 Å². The molecule has 2 amide bonds. The smallest absolute Gasteiger partial charge is 0.255 e. The van der Waals surface area contributed by atoms with Gasteiger partial charge in [-0.1, -0.05) is 0 Å². The number of thiophene rings is 1. The van der Waals surface area contributed by atoms with E-state index in [1.54, 1.807) is 11.3 Å². The molecule has 0 radical (unpaired) electrons. The minimum Gasteiger partial charge on any atom is -0.489 e. The van der Waals surface area contributed by atoms with E-state index < -0.39 is 0 Å². The van der Waals surface area contributed by atoms with Crippen LogP contribution >= 0.6 is 11.3 Å². The molecule has 0 aliphatic carbocycles. The normalized spacial score (nSPS) is 19.6. The Hall–Kier alpha value is -4.62. The van der Waals surface area contributed by atoms with Crippen molar-refractivity contribution in [1.82, 2.24) is 39.5 Å². The maximum absolute atomic E-state index is 13.4. The fourth-order valence-corrected chi connectivity index (χ4v) is 9.02. The van der Waals surface area contributed by atoms with Crippen molar-refractivity contribution in [1.29, 1.82) is 0 Å². The largest absolute Gasteiger partial charge is 0.489 e. The van der Waals surface area contributed by atoms with Crippen molar-refractivity contribution in [2.24, 2.45) is 0 Å². The lowest BCUT2D eigenvalue weighted by Crippen LogP contribution is -2.60. The summed E-state index contributed by atoms with van der Waals surface area (Å²) in [5.74, 6) is 2.24. The summed E-state index contributed by atoms with van der Waals surface area (Å²) in [7, 11) is 0. The number of nitrogens with zero attached hydrogens (tertiary/aromatic N) is 7. The summed E-state index contributed by atoms with van der Waals surface area (Å²) in [6, 6.07) is 12.1. The number of rotatable bonds is 19. The third-order valence-electron chi connectivity index (χ3n) is 11.5. The average Bonchev–Trinajstić information content (AvgIpc) is 4.03. The molecule has 3 aliphatic rings. The molecule has 1 N–H and O–H groups in total. The zero-order chi connectivity index (χ0) is 42.0. The van der Waals surface area contributed by atoms with Crippen LogP contribution < -0.4 is 14.8 Å². The van der Waals surface area contributed by atoms with E-state index in [4.69, 9.17) is 28.2 Å². The molecule has 0 unspecified atom stereocenters. The van der Waals surface area contributed by atoms with Crippen LogP contribution in [0.1, 0.15) is 41.4 Å². The molecular weight excluding hydrogens is 801 g/mol. The number of hydrogen-bond acceptors (Lipinski definition) is 14. The first-order chi connectivity index (χ1) is 29.8. The van der Waals surface area contributed by atoms with E-state index in [2.05, 4.69) is 38.2 Å². The molecule has 5 aromatic rings. The van der Waals surface area contributed by atoms with E-state index in [9.17, 15) is 9.59 Å². The number of amides is 2. The molecule has 5 aromatic heterocycles. The van der Waals surface area contributed by atoms with Gasteiger partial charge in [0, 0.05) is 94.6 Å².